The zero-order chi connectivity index (χ0) is 15.9. The summed E-state index contributed by atoms with van der Waals surface area (Å²) in [6, 6.07) is 14.8. The minimum absolute atomic E-state index is 0.258. The molecule has 1 N–H and O–H groups in total. The summed E-state index contributed by atoms with van der Waals surface area (Å²) >= 11 is 0. The molecule has 3 rings (SSSR count). The smallest absolute Gasteiger partial charge is 0.271 e. The van der Waals surface area contributed by atoms with Gasteiger partial charge in [-0.3, -0.25) is 4.79 Å². The van der Waals surface area contributed by atoms with Crippen LogP contribution in [0.15, 0.2) is 82.8 Å². The first kappa shape index (κ1) is 14.6. The van der Waals surface area contributed by atoms with Gasteiger partial charge >= 0.3 is 0 Å². The van der Waals surface area contributed by atoms with Crippen LogP contribution in [-0.2, 0) is 0 Å². The van der Waals surface area contributed by atoms with E-state index in [0.717, 1.165) is 11.4 Å². The van der Waals surface area contributed by atoms with Crippen molar-refractivity contribution in [3.8, 4) is 5.69 Å². The Morgan fingerprint density at radius 1 is 1.09 bits per heavy atom. The fourth-order valence-corrected chi connectivity index (χ4v) is 2.02. The molecule has 0 aliphatic rings. The average Bonchev–Trinajstić information content (AvgIpc) is 3.28. The number of furan rings is 1. The minimum Gasteiger partial charge on any atom is -0.465 e. The molecule has 5 nitrogen and oxygen atoms in total. The zero-order valence-electron chi connectivity index (χ0n) is 12.3. The molecule has 114 valence electrons. The van der Waals surface area contributed by atoms with E-state index in [0.29, 0.717) is 5.56 Å². The van der Waals surface area contributed by atoms with Crippen molar-refractivity contribution >= 4 is 18.2 Å². The van der Waals surface area contributed by atoms with Crippen molar-refractivity contribution < 1.29 is 9.21 Å². The van der Waals surface area contributed by atoms with Gasteiger partial charge in [-0.15, -0.1) is 0 Å². The van der Waals surface area contributed by atoms with E-state index in [2.05, 4.69) is 10.5 Å². The van der Waals surface area contributed by atoms with Gasteiger partial charge in [-0.25, -0.2) is 5.43 Å². The molecule has 1 aromatic carbocycles. The number of carbonyl (C=O) groups is 1. The van der Waals surface area contributed by atoms with E-state index in [9.17, 15) is 4.79 Å². The highest BCUT2D eigenvalue weighted by Crippen LogP contribution is 2.10. The average molecular weight is 305 g/mol. The van der Waals surface area contributed by atoms with E-state index < -0.39 is 0 Å². The van der Waals surface area contributed by atoms with Crippen LogP contribution in [0.3, 0.4) is 0 Å². The lowest BCUT2D eigenvalue weighted by Crippen LogP contribution is -2.17. The quantitative estimate of drug-likeness (QED) is 0.579. The number of amides is 1. The second-order valence-electron chi connectivity index (χ2n) is 4.73. The van der Waals surface area contributed by atoms with Crippen molar-refractivity contribution in [2.45, 2.75) is 0 Å². The molecule has 0 radical (unpaired) electrons. The molecule has 0 aliphatic carbocycles. The Kier molecular flexibility index (Phi) is 4.49. The number of aromatic nitrogens is 1. The summed E-state index contributed by atoms with van der Waals surface area (Å²) in [7, 11) is 0. The Morgan fingerprint density at radius 2 is 1.87 bits per heavy atom. The molecule has 0 fully saturated rings. The maximum Gasteiger partial charge on any atom is 0.271 e. The lowest BCUT2D eigenvalue weighted by Gasteiger charge is -2.04. The van der Waals surface area contributed by atoms with Crippen LogP contribution in [0.1, 0.15) is 16.1 Å². The standard InChI is InChI=1S/C18H15N3O2/c22-18(20-19-11-3-5-17-6-4-14-23-17)15-7-9-16(10-8-15)21-12-1-2-13-21/h1-14H,(H,20,22). The molecule has 0 saturated heterocycles. The van der Waals surface area contributed by atoms with Crippen molar-refractivity contribution in [2.75, 3.05) is 0 Å². The predicted octanol–water partition coefficient (Wildman–Crippen LogP) is 3.50. The van der Waals surface area contributed by atoms with Crippen molar-refractivity contribution in [3.05, 3.63) is 84.6 Å². The number of benzene rings is 1. The third kappa shape index (κ3) is 3.85. The normalized spacial score (nSPS) is 11.3. The van der Waals surface area contributed by atoms with Crippen molar-refractivity contribution in [1.29, 1.82) is 0 Å². The van der Waals surface area contributed by atoms with Gasteiger partial charge < -0.3 is 8.98 Å². The van der Waals surface area contributed by atoms with Gasteiger partial charge in [0.2, 0.25) is 0 Å². The number of hydrogen-bond donors (Lipinski definition) is 1. The Bertz CT molecular complexity index is 799. The fraction of sp³-hybridized carbons (Fsp3) is 0. The fourth-order valence-electron chi connectivity index (χ4n) is 2.02. The van der Waals surface area contributed by atoms with Crippen molar-refractivity contribution in [3.63, 3.8) is 0 Å². The number of nitrogens with one attached hydrogen (secondary N) is 1. The second-order valence-corrected chi connectivity index (χ2v) is 4.73. The summed E-state index contributed by atoms with van der Waals surface area (Å²) in [6.07, 6.45) is 10.4. The molecule has 0 spiro atoms. The van der Waals surface area contributed by atoms with Gasteiger partial charge in [0.25, 0.3) is 5.91 Å². The van der Waals surface area contributed by atoms with Crippen LogP contribution >= 0.6 is 0 Å². The number of nitrogens with zero attached hydrogens (tertiary/aromatic N) is 2. The topological polar surface area (TPSA) is 59.5 Å². The van der Waals surface area contributed by atoms with Crippen LogP contribution in [-0.4, -0.2) is 16.7 Å². The first-order valence-corrected chi connectivity index (χ1v) is 7.10. The lowest BCUT2D eigenvalue weighted by atomic mass is 10.2. The van der Waals surface area contributed by atoms with Crippen LogP contribution in [0, 0.1) is 0 Å². The number of hydrazone groups is 1. The number of allylic oxidation sites excluding steroid dienone is 1. The van der Waals surface area contributed by atoms with E-state index in [4.69, 9.17) is 4.42 Å². The molecule has 0 aliphatic heterocycles. The van der Waals surface area contributed by atoms with Gasteiger partial charge in [0.1, 0.15) is 5.76 Å². The van der Waals surface area contributed by atoms with E-state index in [1.165, 1.54) is 6.21 Å². The molecule has 0 saturated carbocycles. The van der Waals surface area contributed by atoms with Gasteiger partial charge in [0.15, 0.2) is 0 Å². The Hall–Kier alpha value is -3.34. The van der Waals surface area contributed by atoms with Gasteiger partial charge in [-0.1, -0.05) is 0 Å². The third-order valence-electron chi connectivity index (χ3n) is 3.16. The Labute approximate surface area is 133 Å². The third-order valence-corrected chi connectivity index (χ3v) is 3.16. The molecule has 5 heteroatoms. The minimum atomic E-state index is -0.258. The molecular weight excluding hydrogens is 290 g/mol. The summed E-state index contributed by atoms with van der Waals surface area (Å²) in [5.41, 5.74) is 4.02. The van der Waals surface area contributed by atoms with Gasteiger partial charge in [-0.2, -0.15) is 5.10 Å². The van der Waals surface area contributed by atoms with Gasteiger partial charge in [0, 0.05) is 29.9 Å². The van der Waals surface area contributed by atoms with Crippen LogP contribution in [0.4, 0.5) is 0 Å². The molecule has 23 heavy (non-hydrogen) atoms. The van der Waals surface area contributed by atoms with Gasteiger partial charge in [-0.05, 0) is 60.7 Å². The predicted molar refractivity (Wildman–Crippen MR) is 89.5 cm³/mol. The molecular formula is C18H15N3O2. The van der Waals surface area contributed by atoms with E-state index >= 15 is 0 Å². The SMILES string of the molecule is O=C(NN=CC=Cc1ccco1)c1ccc(-n2cccc2)cc1. The largest absolute Gasteiger partial charge is 0.465 e. The molecule has 3 aromatic rings. The van der Waals surface area contributed by atoms with Crippen LogP contribution in [0.25, 0.3) is 11.8 Å². The van der Waals surface area contributed by atoms with Crippen LogP contribution < -0.4 is 5.43 Å². The highest BCUT2D eigenvalue weighted by Gasteiger charge is 2.03. The highest BCUT2D eigenvalue weighted by molar-refractivity contribution is 5.94. The molecule has 2 aromatic heterocycles. The molecule has 1 amide bonds. The highest BCUT2D eigenvalue weighted by atomic mass is 16.3. The molecule has 0 unspecified atom stereocenters. The van der Waals surface area contributed by atoms with Crippen molar-refractivity contribution in [1.82, 2.24) is 9.99 Å². The number of hydrogen-bond acceptors (Lipinski definition) is 3. The Balaban J connectivity index is 1.56. The summed E-state index contributed by atoms with van der Waals surface area (Å²) in [5.74, 6) is 0.468. The first-order chi connectivity index (χ1) is 11.3. The number of rotatable bonds is 5. The molecule has 0 atom stereocenters. The van der Waals surface area contributed by atoms with E-state index in [-0.39, 0.29) is 5.91 Å². The summed E-state index contributed by atoms with van der Waals surface area (Å²) < 4.78 is 7.11. The van der Waals surface area contributed by atoms with Crippen molar-refractivity contribution in [2.24, 2.45) is 5.10 Å². The maximum atomic E-state index is 12.0. The number of carbonyl (C=O) groups excluding carboxylic acids is 1. The lowest BCUT2D eigenvalue weighted by molar-refractivity contribution is 0.0955. The Morgan fingerprint density at radius 3 is 2.57 bits per heavy atom. The van der Waals surface area contributed by atoms with E-state index in [1.807, 2.05) is 47.3 Å². The molecule has 2 heterocycles. The second kappa shape index (κ2) is 7.09. The van der Waals surface area contributed by atoms with E-state index in [1.54, 1.807) is 36.6 Å². The summed E-state index contributed by atoms with van der Waals surface area (Å²) in [5, 5.41) is 3.86. The first-order valence-electron chi connectivity index (χ1n) is 7.10. The molecule has 0 bridgehead atoms. The summed E-state index contributed by atoms with van der Waals surface area (Å²) in [6.45, 7) is 0. The maximum absolute atomic E-state index is 12.0. The monoisotopic (exact) mass is 305 g/mol. The summed E-state index contributed by atoms with van der Waals surface area (Å²) in [4.78, 5) is 12.0. The zero-order valence-corrected chi connectivity index (χ0v) is 12.3. The van der Waals surface area contributed by atoms with Crippen LogP contribution in [0.2, 0.25) is 0 Å². The van der Waals surface area contributed by atoms with Gasteiger partial charge in [0.05, 0.1) is 6.26 Å². The van der Waals surface area contributed by atoms with Crippen LogP contribution in [0.5, 0.6) is 0 Å².